The lowest BCUT2D eigenvalue weighted by molar-refractivity contribution is -0.142. The molecule has 0 fully saturated rings. The van der Waals surface area contributed by atoms with E-state index in [1.807, 2.05) is 20.1 Å². The highest BCUT2D eigenvalue weighted by atomic mass is 32.2. The molecule has 4 atom stereocenters. The molecule has 0 saturated carbocycles. The molecule has 0 aromatic carbocycles. The van der Waals surface area contributed by atoms with Crippen LogP contribution in [0.1, 0.15) is 39.5 Å². The van der Waals surface area contributed by atoms with Gasteiger partial charge in [-0.25, -0.2) is 4.79 Å². The van der Waals surface area contributed by atoms with E-state index in [4.69, 9.17) is 17.2 Å². The van der Waals surface area contributed by atoms with Crippen LogP contribution in [0.5, 0.6) is 0 Å². The molecule has 0 aromatic heterocycles. The lowest BCUT2D eigenvalue weighted by atomic mass is 10.0. The number of guanidine groups is 1. The number of nitrogens with zero attached hydrogens (tertiary/aromatic N) is 1. The van der Waals surface area contributed by atoms with Crippen LogP contribution in [-0.4, -0.2) is 83.2 Å². The molecule has 0 heterocycles. The van der Waals surface area contributed by atoms with Gasteiger partial charge in [0.25, 0.3) is 0 Å². The summed E-state index contributed by atoms with van der Waals surface area (Å²) >= 11 is 5.68. The Morgan fingerprint density at radius 2 is 1.53 bits per heavy atom. The molecule has 0 saturated heterocycles. The summed E-state index contributed by atoms with van der Waals surface area (Å²) in [5.74, 6) is -2.35. The average Bonchev–Trinajstić information content (AvgIpc) is 2.76. The maximum absolute atomic E-state index is 12.8. The molecular weight excluding hydrogens is 482 g/mol. The van der Waals surface area contributed by atoms with E-state index >= 15 is 0 Å². The van der Waals surface area contributed by atoms with Crippen molar-refractivity contribution in [2.24, 2.45) is 28.1 Å². The van der Waals surface area contributed by atoms with Crippen LogP contribution in [0.2, 0.25) is 0 Å². The van der Waals surface area contributed by atoms with Crippen LogP contribution in [0.3, 0.4) is 0 Å². The summed E-state index contributed by atoms with van der Waals surface area (Å²) < 4.78 is 0. The number of thioether (sulfide) groups is 1. The van der Waals surface area contributed by atoms with Gasteiger partial charge in [0.15, 0.2) is 5.96 Å². The fraction of sp³-hybridized carbons (Fsp3) is 0.750. The Balaban J connectivity index is 5.20. The van der Waals surface area contributed by atoms with Crippen molar-refractivity contribution in [1.82, 2.24) is 16.0 Å². The molecule has 0 aliphatic heterocycles. The molecule has 0 aromatic rings. The molecule has 10 N–H and O–H groups in total. The Morgan fingerprint density at radius 3 is 2.03 bits per heavy atom. The zero-order valence-corrected chi connectivity index (χ0v) is 21.7. The summed E-state index contributed by atoms with van der Waals surface area (Å²) in [6.07, 6.45) is 3.04. The van der Waals surface area contributed by atoms with Crippen molar-refractivity contribution < 1.29 is 24.3 Å². The van der Waals surface area contributed by atoms with Gasteiger partial charge in [0.1, 0.15) is 18.1 Å². The number of nitrogens with one attached hydrogen (secondary N) is 3. The number of rotatable bonds is 17. The molecular formula is C20H39N7O5S2. The van der Waals surface area contributed by atoms with Gasteiger partial charge in [-0.05, 0) is 43.6 Å². The van der Waals surface area contributed by atoms with E-state index < -0.39 is 47.9 Å². The molecule has 0 bridgehead atoms. The number of carbonyl (C=O) groups is 4. The van der Waals surface area contributed by atoms with Crippen molar-refractivity contribution in [3.05, 3.63) is 0 Å². The predicted molar refractivity (Wildman–Crippen MR) is 138 cm³/mol. The zero-order chi connectivity index (χ0) is 26.3. The van der Waals surface area contributed by atoms with Gasteiger partial charge in [-0.3, -0.25) is 19.4 Å². The first-order valence-corrected chi connectivity index (χ1v) is 13.0. The SMILES string of the molecule is CSCCC(N)C(=O)NC(CS)C(=O)NC(CC(C)C)C(=O)NC(CCCN=C(N)N)C(=O)O. The number of hydrogen-bond donors (Lipinski definition) is 8. The highest BCUT2D eigenvalue weighted by Crippen LogP contribution is 2.08. The van der Waals surface area contributed by atoms with E-state index in [0.717, 1.165) is 0 Å². The Labute approximate surface area is 210 Å². The quantitative estimate of drug-likeness (QED) is 0.0490. The first-order valence-electron chi connectivity index (χ1n) is 11.0. The second-order valence-electron chi connectivity index (χ2n) is 8.17. The fourth-order valence-electron chi connectivity index (χ4n) is 2.86. The highest BCUT2D eigenvalue weighted by Gasteiger charge is 2.30. The largest absolute Gasteiger partial charge is 0.480 e. The van der Waals surface area contributed by atoms with Gasteiger partial charge >= 0.3 is 5.97 Å². The third kappa shape index (κ3) is 13.5. The molecule has 12 nitrogen and oxygen atoms in total. The van der Waals surface area contributed by atoms with Crippen molar-refractivity contribution in [3.8, 4) is 0 Å². The number of nitrogens with two attached hydrogens (primary N) is 3. The fourth-order valence-corrected chi connectivity index (χ4v) is 3.60. The van der Waals surface area contributed by atoms with E-state index in [-0.39, 0.29) is 37.0 Å². The lowest BCUT2D eigenvalue weighted by Crippen LogP contribution is -2.57. The van der Waals surface area contributed by atoms with Crippen molar-refractivity contribution in [3.63, 3.8) is 0 Å². The molecule has 4 unspecified atom stereocenters. The van der Waals surface area contributed by atoms with Crippen molar-refractivity contribution in [1.29, 1.82) is 0 Å². The van der Waals surface area contributed by atoms with Crippen LogP contribution in [0.25, 0.3) is 0 Å². The summed E-state index contributed by atoms with van der Waals surface area (Å²) in [7, 11) is 0. The van der Waals surface area contributed by atoms with Crippen LogP contribution >= 0.6 is 24.4 Å². The Hall–Kier alpha value is -2.19. The van der Waals surface area contributed by atoms with Crippen LogP contribution in [0.4, 0.5) is 0 Å². The normalized spacial score (nSPS) is 14.4. The molecule has 34 heavy (non-hydrogen) atoms. The van der Waals surface area contributed by atoms with E-state index in [1.165, 1.54) is 0 Å². The molecule has 3 amide bonds. The average molecular weight is 522 g/mol. The number of amides is 3. The summed E-state index contributed by atoms with van der Waals surface area (Å²) in [5, 5.41) is 17.1. The minimum atomic E-state index is -1.22. The van der Waals surface area contributed by atoms with Crippen molar-refractivity contribution in [2.75, 3.05) is 24.3 Å². The number of thiol groups is 1. The van der Waals surface area contributed by atoms with Gasteiger partial charge in [-0.15, -0.1) is 0 Å². The minimum Gasteiger partial charge on any atom is -0.480 e. The number of hydrogen-bond acceptors (Lipinski definition) is 8. The maximum atomic E-state index is 12.8. The maximum Gasteiger partial charge on any atom is 0.326 e. The third-order valence-corrected chi connectivity index (χ3v) is 5.69. The summed E-state index contributed by atoms with van der Waals surface area (Å²) in [6.45, 7) is 3.94. The Kier molecular flexibility index (Phi) is 16.2. The molecule has 0 rings (SSSR count). The van der Waals surface area contributed by atoms with Crippen LogP contribution < -0.4 is 33.2 Å². The van der Waals surface area contributed by atoms with Crippen LogP contribution in [-0.2, 0) is 19.2 Å². The number of aliphatic carboxylic acids is 1. The molecule has 0 aliphatic carbocycles. The van der Waals surface area contributed by atoms with Crippen LogP contribution in [0.15, 0.2) is 4.99 Å². The van der Waals surface area contributed by atoms with Crippen LogP contribution in [0, 0.1) is 5.92 Å². The standard InChI is InChI=1S/C20H39N7O5S2/c1-11(2)9-14(17(29)25-13(19(31)32)5-4-7-24-20(22)23)26-18(30)15(10-33)27-16(28)12(21)6-8-34-3/h11-15,33H,4-10,21H2,1-3H3,(H,25,29)(H,26,30)(H,27,28)(H,31,32)(H4,22,23,24). The molecule has 0 aliphatic rings. The second-order valence-corrected chi connectivity index (χ2v) is 9.52. The first-order chi connectivity index (χ1) is 15.9. The lowest BCUT2D eigenvalue weighted by Gasteiger charge is -2.25. The van der Waals surface area contributed by atoms with Gasteiger partial charge in [-0.2, -0.15) is 24.4 Å². The molecule has 196 valence electrons. The number of carboxylic acid groups (broad SMARTS) is 1. The zero-order valence-electron chi connectivity index (χ0n) is 20.0. The third-order valence-electron chi connectivity index (χ3n) is 4.69. The van der Waals surface area contributed by atoms with Crippen molar-refractivity contribution >= 4 is 54.0 Å². The highest BCUT2D eigenvalue weighted by molar-refractivity contribution is 7.98. The van der Waals surface area contributed by atoms with E-state index in [9.17, 15) is 24.3 Å². The smallest absolute Gasteiger partial charge is 0.326 e. The minimum absolute atomic E-state index is 0.00855. The molecule has 0 spiro atoms. The summed E-state index contributed by atoms with van der Waals surface area (Å²) in [5.41, 5.74) is 16.3. The van der Waals surface area contributed by atoms with E-state index in [0.29, 0.717) is 18.6 Å². The second kappa shape index (κ2) is 17.3. The number of aliphatic imine (C=N–C) groups is 1. The molecule has 0 radical (unpaired) electrons. The van der Waals surface area contributed by atoms with Gasteiger partial charge in [0.2, 0.25) is 17.7 Å². The Bertz CT molecular complexity index is 705. The molecule has 14 heteroatoms. The summed E-state index contributed by atoms with van der Waals surface area (Å²) in [6, 6.07) is -3.96. The van der Waals surface area contributed by atoms with Gasteiger partial charge < -0.3 is 38.3 Å². The van der Waals surface area contributed by atoms with E-state index in [2.05, 4.69) is 33.6 Å². The van der Waals surface area contributed by atoms with Gasteiger partial charge in [-0.1, -0.05) is 13.8 Å². The number of carbonyl (C=O) groups excluding carboxylic acids is 3. The predicted octanol–water partition coefficient (Wildman–Crippen LogP) is -1.36. The van der Waals surface area contributed by atoms with Gasteiger partial charge in [0, 0.05) is 12.3 Å². The van der Waals surface area contributed by atoms with Crippen molar-refractivity contribution in [2.45, 2.75) is 63.7 Å². The summed E-state index contributed by atoms with van der Waals surface area (Å²) in [4.78, 5) is 53.3. The number of carboxylic acids is 1. The first kappa shape index (κ1) is 31.8. The Morgan fingerprint density at radius 1 is 0.971 bits per heavy atom. The topological polar surface area (TPSA) is 215 Å². The van der Waals surface area contributed by atoms with Gasteiger partial charge in [0.05, 0.1) is 6.04 Å². The monoisotopic (exact) mass is 521 g/mol. The van der Waals surface area contributed by atoms with E-state index in [1.54, 1.807) is 11.8 Å².